The van der Waals surface area contributed by atoms with E-state index in [9.17, 15) is 9.59 Å². The molecule has 1 amide bonds. The highest BCUT2D eigenvalue weighted by molar-refractivity contribution is 5.99. The summed E-state index contributed by atoms with van der Waals surface area (Å²) in [5.41, 5.74) is 3.35. The van der Waals surface area contributed by atoms with E-state index < -0.39 is 0 Å². The number of benzene rings is 1. The standard InChI is InChI=1S/C20H24N6O2/c1-15-18(14-27)17-5-3-4-6-19(17)26(15)12-16-11-25(22-21-16)13-20(28)24-9-7-23(2)8-10-24/h3-6,11,14H,7-10,12-13H2,1-2H3. The number of carbonyl (C=O) groups excluding carboxylic acids is 2. The second-order valence-corrected chi connectivity index (χ2v) is 7.31. The van der Waals surface area contributed by atoms with E-state index in [2.05, 4.69) is 26.8 Å². The zero-order valence-electron chi connectivity index (χ0n) is 16.2. The topological polar surface area (TPSA) is 76.3 Å². The Morgan fingerprint density at radius 1 is 1.18 bits per heavy atom. The van der Waals surface area contributed by atoms with Crippen molar-refractivity contribution in [2.45, 2.75) is 20.0 Å². The molecule has 1 aliphatic heterocycles. The number of nitrogens with zero attached hydrogens (tertiary/aromatic N) is 6. The number of hydrogen-bond acceptors (Lipinski definition) is 5. The number of rotatable bonds is 5. The molecule has 3 heterocycles. The predicted molar refractivity (Wildman–Crippen MR) is 105 cm³/mol. The molecular weight excluding hydrogens is 356 g/mol. The second-order valence-electron chi connectivity index (χ2n) is 7.31. The van der Waals surface area contributed by atoms with Gasteiger partial charge in [-0.25, -0.2) is 4.68 Å². The van der Waals surface area contributed by atoms with Crippen LogP contribution >= 0.6 is 0 Å². The van der Waals surface area contributed by atoms with Crippen molar-refractivity contribution in [3.05, 3.63) is 47.4 Å². The van der Waals surface area contributed by atoms with Crippen LogP contribution in [0.5, 0.6) is 0 Å². The van der Waals surface area contributed by atoms with Crippen molar-refractivity contribution in [3.63, 3.8) is 0 Å². The number of fused-ring (bicyclic) bond motifs is 1. The minimum atomic E-state index is 0.0652. The van der Waals surface area contributed by atoms with Crippen LogP contribution in [0, 0.1) is 6.92 Å². The number of para-hydroxylation sites is 1. The van der Waals surface area contributed by atoms with Gasteiger partial charge in [0.1, 0.15) is 12.2 Å². The molecule has 1 saturated heterocycles. The second kappa shape index (κ2) is 7.55. The van der Waals surface area contributed by atoms with Gasteiger partial charge in [0.2, 0.25) is 5.91 Å². The van der Waals surface area contributed by atoms with Gasteiger partial charge in [-0.3, -0.25) is 9.59 Å². The molecule has 8 nitrogen and oxygen atoms in total. The van der Waals surface area contributed by atoms with E-state index in [0.29, 0.717) is 12.1 Å². The number of hydrogen-bond donors (Lipinski definition) is 0. The molecule has 1 aliphatic rings. The summed E-state index contributed by atoms with van der Waals surface area (Å²) in [6.07, 6.45) is 2.71. The Bertz CT molecular complexity index is 1010. The van der Waals surface area contributed by atoms with Gasteiger partial charge < -0.3 is 14.4 Å². The number of amides is 1. The third kappa shape index (κ3) is 3.43. The maximum Gasteiger partial charge on any atom is 0.244 e. The summed E-state index contributed by atoms with van der Waals surface area (Å²) in [4.78, 5) is 28.1. The van der Waals surface area contributed by atoms with E-state index in [1.165, 1.54) is 0 Å². The number of likely N-dealkylation sites (N-methyl/N-ethyl adjacent to an activating group) is 1. The van der Waals surface area contributed by atoms with Crippen LogP contribution in [-0.2, 0) is 17.9 Å². The monoisotopic (exact) mass is 380 g/mol. The smallest absolute Gasteiger partial charge is 0.244 e. The first kappa shape index (κ1) is 18.4. The lowest BCUT2D eigenvalue weighted by Crippen LogP contribution is -2.48. The molecule has 4 rings (SSSR count). The molecule has 0 radical (unpaired) electrons. The fourth-order valence-electron chi connectivity index (χ4n) is 3.75. The summed E-state index contributed by atoms with van der Waals surface area (Å²) in [5.74, 6) is 0.0652. The van der Waals surface area contributed by atoms with Gasteiger partial charge in [-0.15, -0.1) is 5.10 Å². The van der Waals surface area contributed by atoms with Gasteiger partial charge in [0, 0.05) is 48.3 Å². The van der Waals surface area contributed by atoms with E-state index in [1.54, 1.807) is 4.68 Å². The van der Waals surface area contributed by atoms with Crippen molar-refractivity contribution >= 4 is 23.1 Å². The molecule has 146 valence electrons. The quantitative estimate of drug-likeness (QED) is 0.621. The SMILES string of the molecule is Cc1c(C=O)c2ccccc2n1Cc1cn(CC(=O)N2CCN(C)CC2)nn1. The van der Waals surface area contributed by atoms with Crippen LogP contribution in [0.4, 0.5) is 0 Å². The summed E-state index contributed by atoms with van der Waals surface area (Å²) in [5, 5.41) is 9.29. The average molecular weight is 380 g/mol. The highest BCUT2D eigenvalue weighted by Gasteiger charge is 2.20. The van der Waals surface area contributed by atoms with Crippen LogP contribution in [0.3, 0.4) is 0 Å². The first-order valence-electron chi connectivity index (χ1n) is 9.45. The molecule has 1 fully saturated rings. The lowest BCUT2D eigenvalue weighted by atomic mass is 10.1. The fraction of sp³-hybridized carbons (Fsp3) is 0.400. The van der Waals surface area contributed by atoms with Crippen molar-refractivity contribution in [3.8, 4) is 0 Å². The Kier molecular flexibility index (Phi) is 4.95. The van der Waals surface area contributed by atoms with Gasteiger partial charge in [-0.1, -0.05) is 23.4 Å². The fourth-order valence-corrected chi connectivity index (χ4v) is 3.75. The highest BCUT2D eigenvalue weighted by atomic mass is 16.2. The molecule has 0 unspecified atom stereocenters. The molecule has 2 aromatic heterocycles. The van der Waals surface area contributed by atoms with Crippen LogP contribution in [0.25, 0.3) is 10.9 Å². The number of aromatic nitrogens is 4. The van der Waals surface area contributed by atoms with Gasteiger partial charge >= 0.3 is 0 Å². The molecule has 1 aromatic carbocycles. The number of carbonyl (C=O) groups is 2. The lowest BCUT2D eigenvalue weighted by molar-refractivity contribution is -0.133. The Balaban J connectivity index is 1.50. The predicted octanol–water partition coefficient (Wildman–Crippen LogP) is 1.18. The van der Waals surface area contributed by atoms with E-state index in [1.807, 2.05) is 42.3 Å². The van der Waals surface area contributed by atoms with E-state index in [0.717, 1.165) is 54.8 Å². The molecule has 0 N–H and O–H groups in total. The third-order valence-electron chi connectivity index (χ3n) is 5.46. The van der Waals surface area contributed by atoms with E-state index in [-0.39, 0.29) is 12.5 Å². The van der Waals surface area contributed by atoms with E-state index in [4.69, 9.17) is 0 Å². The van der Waals surface area contributed by atoms with Crippen molar-refractivity contribution in [2.75, 3.05) is 33.2 Å². The molecule has 8 heteroatoms. The summed E-state index contributed by atoms with van der Waals surface area (Å²) in [7, 11) is 2.06. The minimum absolute atomic E-state index is 0.0652. The van der Waals surface area contributed by atoms with E-state index >= 15 is 0 Å². The van der Waals surface area contributed by atoms with Gasteiger partial charge in [0.05, 0.1) is 12.7 Å². The number of aldehydes is 1. The maximum atomic E-state index is 12.5. The summed E-state index contributed by atoms with van der Waals surface area (Å²) < 4.78 is 3.66. The zero-order valence-corrected chi connectivity index (χ0v) is 16.2. The minimum Gasteiger partial charge on any atom is -0.339 e. The van der Waals surface area contributed by atoms with Gasteiger partial charge in [-0.2, -0.15) is 0 Å². The van der Waals surface area contributed by atoms with Crippen LogP contribution in [0.15, 0.2) is 30.5 Å². The van der Waals surface area contributed by atoms with Crippen LogP contribution in [0.1, 0.15) is 21.7 Å². The average Bonchev–Trinajstić information content (AvgIpc) is 3.25. The first-order valence-corrected chi connectivity index (χ1v) is 9.45. The van der Waals surface area contributed by atoms with Crippen LogP contribution in [0.2, 0.25) is 0 Å². The first-order chi connectivity index (χ1) is 13.6. The van der Waals surface area contributed by atoms with Gasteiger partial charge in [-0.05, 0) is 20.0 Å². The molecule has 0 spiro atoms. The maximum absolute atomic E-state index is 12.5. The van der Waals surface area contributed by atoms with Crippen LogP contribution < -0.4 is 0 Å². The highest BCUT2D eigenvalue weighted by Crippen LogP contribution is 2.25. The number of piperazine rings is 1. The lowest BCUT2D eigenvalue weighted by Gasteiger charge is -2.32. The van der Waals surface area contributed by atoms with Gasteiger partial charge in [0.25, 0.3) is 0 Å². The van der Waals surface area contributed by atoms with Gasteiger partial charge in [0.15, 0.2) is 6.29 Å². The largest absolute Gasteiger partial charge is 0.339 e. The Morgan fingerprint density at radius 3 is 2.68 bits per heavy atom. The molecule has 3 aromatic rings. The zero-order chi connectivity index (χ0) is 19.7. The Hall–Kier alpha value is -3.00. The summed E-state index contributed by atoms with van der Waals surface area (Å²) in [6.45, 7) is 5.93. The Labute approximate surface area is 163 Å². The summed E-state index contributed by atoms with van der Waals surface area (Å²) in [6, 6.07) is 7.84. The Morgan fingerprint density at radius 2 is 1.93 bits per heavy atom. The van der Waals surface area contributed by atoms with Crippen molar-refractivity contribution in [1.82, 2.24) is 29.4 Å². The molecule has 0 atom stereocenters. The molecule has 0 saturated carbocycles. The molecule has 0 aliphatic carbocycles. The molecule has 0 bridgehead atoms. The van der Waals surface area contributed by atoms with Crippen molar-refractivity contribution < 1.29 is 9.59 Å². The van der Waals surface area contributed by atoms with Crippen molar-refractivity contribution in [2.24, 2.45) is 0 Å². The molecular formula is C20H24N6O2. The molecule has 28 heavy (non-hydrogen) atoms. The summed E-state index contributed by atoms with van der Waals surface area (Å²) >= 11 is 0. The van der Waals surface area contributed by atoms with Crippen LogP contribution in [-0.4, -0.2) is 74.8 Å². The third-order valence-corrected chi connectivity index (χ3v) is 5.46. The normalized spacial score (nSPS) is 15.3. The van der Waals surface area contributed by atoms with Crippen molar-refractivity contribution in [1.29, 1.82) is 0 Å².